The Balaban J connectivity index is 2.74. The Kier molecular flexibility index (Phi) is 5.03. The Morgan fingerprint density at radius 3 is 2.42 bits per heavy atom. The normalized spacial score (nSPS) is 12.5. The zero-order valence-corrected chi connectivity index (χ0v) is 13.8. The monoisotopic (exact) mass is 323 g/mol. The molecular weight excluding hydrogens is 306 g/mol. The van der Waals surface area contributed by atoms with E-state index in [0.717, 1.165) is 17.8 Å². The molecule has 0 spiro atoms. The summed E-state index contributed by atoms with van der Waals surface area (Å²) in [4.78, 5) is 12.8. The Labute approximate surface area is 122 Å². The van der Waals surface area contributed by atoms with E-state index in [9.17, 15) is 13.2 Å². The van der Waals surface area contributed by atoms with Gasteiger partial charge < -0.3 is 5.32 Å². The van der Waals surface area contributed by atoms with Gasteiger partial charge >= 0.3 is 0 Å². The highest BCUT2D eigenvalue weighted by Crippen LogP contribution is 2.28. The average molecular weight is 324 g/mol. The lowest BCUT2D eigenvalue weighted by Gasteiger charge is -2.17. The number of hydrogen-bond donors (Lipinski definition) is 1. The molecule has 1 N–H and O–H groups in total. The van der Waals surface area contributed by atoms with E-state index < -0.39 is 9.05 Å². The van der Waals surface area contributed by atoms with Crippen molar-refractivity contribution in [1.82, 2.24) is 5.32 Å². The summed E-state index contributed by atoms with van der Waals surface area (Å²) in [6.45, 7) is 8.46. The zero-order chi connectivity index (χ0) is 14.8. The van der Waals surface area contributed by atoms with Crippen molar-refractivity contribution in [3.05, 3.63) is 15.8 Å². The highest BCUT2D eigenvalue weighted by atomic mass is 35.7. The van der Waals surface area contributed by atoms with Crippen molar-refractivity contribution in [2.24, 2.45) is 5.41 Å². The predicted molar refractivity (Wildman–Crippen MR) is 78.5 cm³/mol. The summed E-state index contributed by atoms with van der Waals surface area (Å²) in [5.74, 6) is -0.260. The standard InChI is InChI=1S/C12H18ClNO3S2/c1-8-10(19(13,16)17)7-9(18-8)11(15)14-6-5-12(2,3)4/h7H,5-6H2,1-4H3,(H,14,15). The van der Waals surface area contributed by atoms with Crippen LogP contribution in [0.15, 0.2) is 11.0 Å². The summed E-state index contributed by atoms with van der Waals surface area (Å²) in [7, 11) is 1.51. The lowest BCUT2D eigenvalue weighted by Crippen LogP contribution is -2.26. The van der Waals surface area contributed by atoms with Crippen LogP contribution in [-0.2, 0) is 9.05 Å². The van der Waals surface area contributed by atoms with E-state index in [1.165, 1.54) is 6.07 Å². The quantitative estimate of drug-likeness (QED) is 0.866. The zero-order valence-electron chi connectivity index (χ0n) is 11.4. The van der Waals surface area contributed by atoms with Gasteiger partial charge in [-0.05, 0) is 24.8 Å². The molecule has 108 valence electrons. The second-order valence-electron chi connectivity index (χ2n) is 5.54. The SMILES string of the molecule is Cc1sc(C(=O)NCCC(C)(C)C)cc1S(=O)(=O)Cl. The molecule has 4 nitrogen and oxygen atoms in total. The molecule has 0 bridgehead atoms. The molecule has 0 aliphatic carbocycles. The van der Waals surface area contributed by atoms with E-state index in [0.29, 0.717) is 16.3 Å². The molecule has 0 fully saturated rings. The summed E-state index contributed by atoms with van der Waals surface area (Å²) in [5, 5.41) is 2.78. The van der Waals surface area contributed by atoms with Crippen LogP contribution in [0.3, 0.4) is 0 Å². The van der Waals surface area contributed by atoms with Crippen molar-refractivity contribution in [2.75, 3.05) is 6.54 Å². The van der Waals surface area contributed by atoms with Gasteiger partial charge in [-0.2, -0.15) is 0 Å². The van der Waals surface area contributed by atoms with Crippen molar-refractivity contribution in [3.63, 3.8) is 0 Å². The third-order valence-electron chi connectivity index (χ3n) is 2.52. The molecule has 1 heterocycles. The fourth-order valence-corrected chi connectivity index (χ4v) is 4.04. The maximum absolute atomic E-state index is 11.9. The van der Waals surface area contributed by atoms with Gasteiger partial charge in [0.05, 0.1) is 9.77 Å². The Hall–Kier alpha value is -0.590. The van der Waals surface area contributed by atoms with Crippen LogP contribution < -0.4 is 5.32 Å². The summed E-state index contributed by atoms with van der Waals surface area (Å²) < 4.78 is 22.6. The van der Waals surface area contributed by atoms with Gasteiger partial charge in [0.25, 0.3) is 15.0 Å². The van der Waals surface area contributed by atoms with E-state index in [4.69, 9.17) is 10.7 Å². The molecule has 0 saturated heterocycles. The third kappa shape index (κ3) is 5.12. The van der Waals surface area contributed by atoms with Gasteiger partial charge in [-0.15, -0.1) is 11.3 Å². The van der Waals surface area contributed by atoms with Crippen molar-refractivity contribution < 1.29 is 13.2 Å². The molecule has 0 unspecified atom stereocenters. The Morgan fingerprint density at radius 1 is 1.42 bits per heavy atom. The van der Waals surface area contributed by atoms with Crippen LogP contribution in [-0.4, -0.2) is 20.9 Å². The van der Waals surface area contributed by atoms with Gasteiger partial charge in [0.2, 0.25) is 0 Å². The van der Waals surface area contributed by atoms with E-state index in [-0.39, 0.29) is 16.2 Å². The van der Waals surface area contributed by atoms with Gasteiger partial charge in [0.15, 0.2) is 0 Å². The topological polar surface area (TPSA) is 63.2 Å². The number of carbonyl (C=O) groups is 1. The first-order valence-electron chi connectivity index (χ1n) is 5.84. The predicted octanol–water partition coefficient (Wildman–Crippen LogP) is 3.15. The highest BCUT2D eigenvalue weighted by molar-refractivity contribution is 8.13. The molecule has 0 radical (unpaired) electrons. The number of hydrogen-bond acceptors (Lipinski definition) is 4. The van der Waals surface area contributed by atoms with E-state index in [1.807, 2.05) is 0 Å². The van der Waals surface area contributed by atoms with E-state index >= 15 is 0 Å². The number of nitrogens with one attached hydrogen (secondary N) is 1. The second-order valence-corrected chi connectivity index (χ2v) is 9.33. The molecule has 0 aliphatic rings. The number of amides is 1. The fraction of sp³-hybridized carbons (Fsp3) is 0.583. The summed E-state index contributed by atoms with van der Waals surface area (Å²) in [6, 6.07) is 1.33. The van der Waals surface area contributed by atoms with Gasteiger partial charge in [0, 0.05) is 22.1 Å². The van der Waals surface area contributed by atoms with Crippen LogP contribution in [0.2, 0.25) is 0 Å². The summed E-state index contributed by atoms with van der Waals surface area (Å²) in [5.41, 5.74) is 0.142. The molecule has 0 saturated carbocycles. The van der Waals surface area contributed by atoms with Crippen LogP contribution in [0.4, 0.5) is 0 Å². The van der Waals surface area contributed by atoms with E-state index in [1.54, 1.807) is 6.92 Å². The van der Waals surface area contributed by atoms with Crippen LogP contribution in [0.25, 0.3) is 0 Å². The summed E-state index contributed by atoms with van der Waals surface area (Å²) >= 11 is 1.13. The minimum Gasteiger partial charge on any atom is -0.351 e. The smallest absolute Gasteiger partial charge is 0.262 e. The van der Waals surface area contributed by atoms with Gasteiger partial charge in [-0.25, -0.2) is 8.42 Å². The molecule has 1 rings (SSSR count). The average Bonchev–Trinajstić information content (AvgIpc) is 2.57. The fourth-order valence-electron chi connectivity index (χ4n) is 1.46. The van der Waals surface area contributed by atoms with Crippen LogP contribution in [0, 0.1) is 12.3 Å². The molecule has 1 aromatic rings. The first kappa shape index (κ1) is 16.5. The molecular formula is C12H18ClNO3S2. The van der Waals surface area contributed by atoms with Gasteiger partial charge in [0.1, 0.15) is 0 Å². The highest BCUT2D eigenvalue weighted by Gasteiger charge is 2.20. The minimum atomic E-state index is -3.79. The van der Waals surface area contributed by atoms with Crippen molar-refractivity contribution >= 4 is 37.0 Å². The molecule has 0 atom stereocenters. The van der Waals surface area contributed by atoms with Crippen molar-refractivity contribution in [2.45, 2.75) is 39.0 Å². The van der Waals surface area contributed by atoms with Crippen LogP contribution >= 0.6 is 22.0 Å². The van der Waals surface area contributed by atoms with Gasteiger partial charge in [-0.1, -0.05) is 20.8 Å². The molecule has 0 aromatic carbocycles. The lowest BCUT2D eigenvalue weighted by atomic mass is 9.92. The second kappa shape index (κ2) is 5.81. The number of aryl methyl sites for hydroxylation is 1. The first-order chi connectivity index (χ1) is 8.50. The number of thiophene rings is 1. The lowest BCUT2D eigenvalue weighted by molar-refractivity contribution is 0.0953. The molecule has 7 heteroatoms. The van der Waals surface area contributed by atoms with Gasteiger partial charge in [-0.3, -0.25) is 4.79 Å². The molecule has 1 aromatic heterocycles. The number of halogens is 1. The summed E-state index contributed by atoms with van der Waals surface area (Å²) in [6.07, 6.45) is 0.851. The molecule has 19 heavy (non-hydrogen) atoms. The third-order valence-corrected chi connectivity index (χ3v) is 5.15. The number of carbonyl (C=O) groups excluding carboxylic acids is 1. The van der Waals surface area contributed by atoms with Crippen molar-refractivity contribution in [1.29, 1.82) is 0 Å². The molecule has 0 aliphatic heterocycles. The largest absolute Gasteiger partial charge is 0.351 e. The maximum atomic E-state index is 11.9. The maximum Gasteiger partial charge on any atom is 0.262 e. The number of rotatable bonds is 4. The van der Waals surface area contributed by atoms with E-state index in [2.05, 4.69) is 26.1 Å². The Morgan fingerprint density at radius 2 is 2.00 bits per heavy atom. The minimum absolute atomic E-state index is 0.0140. The van der Waals surface area contributed by atoms with Crippen molar-refractivity contribution in [3.8, 4) is 0 Å². The van der Waals surface area contributed by atoms with Crippen LogP contribution in [0.1, 0.15) is 41.7 Å². The Bertz CT molecular complexity index is 570. The van der Waals surface area contributed by atoms with Crippen LogP contribution in [0.5, 0.6) is 0 Å². The molecule has 1 amide bonds. The first-order valence-corrected chi connectivity index (χ1v) is 8.96.